The molecular formula is C14H31NOSi. The van der Waals surface area contributed by atoms with Crippen LogP contribution < -0.4 is 0 Å². The van der Waals surface area contributed by atoms with Gasteiger partial charge in [0.2, 0.25) is 0 Å². The summed E-state index contributed by atoms with van der Waals surface area (Å²) in [7, 11) is 0.683. The van der Waals surface area contributed by atoms with Crippen molar-refractivity contribution in [2.75, 3.05) is 20.2 Å². The fraction of sp³-hybridized carbons (Fsp3) is 1.00. The van der Waals surface area contributed by atoms with Crippen molar-refractivity contribution in [1.82, 2.24) is 4.90 Å². The van der Waals surface area contributed by atoms with Crippen LogP contribution in [-0.4, -0.2) is 39.5 Å². The first-order valence-electron chi connectivity index (χ1n) is 6.97. The van der Waals surface area contributed by atoms with E-state index >= 15 is 0 Å². The van der Waals surface area contributed by atoms with Crippen LogP contribution in [0.5, 0.6) is 0 Å². The lowest BCUT2D eigenvalue weighted by atomic mass is 9.95. The summed E-state index contributed by atoms with van der Waals surface area (Å²) in [6.45, 7) is 16.1. The maximum absolute atomic E-state index is 6.34. The maximum atomic E-state index is 6.34. The Morgan fingerprint density at radius 3 is 2.29 bits per heavy atom. The Labute approximate surface area is 109 Å². The van der Waals surface area contributed by atoms with E-state index in [0.717, 1.165) is 12.5 Å². The molecule has 2 unspecified atom stereocenters. The van der Waals surface area contributed by atoms with E-state index in [2.05, 4.69) is 52.7 Å². The van der Waals surface area contributed by atoms with E-state index in [1.54, 1.807) is 0 Å². The third kappa shape index (κ3) is 4.07. The molecule has 0 radical (unpaired) electrons. The van der Waals surface area contributed by atoms with E-state index in [-0.39, 0.29) is 0 Å². The highest BCUT2D eigenvalue weighted by Gasteiger charge is 2.38. The minimum atomic E-state index is -1.56. The van der Waals surface area contributed by atoms with Crippen molar-refractivity contribution in [3.05, 3.63) is 0 Å². The van der Waals surface area contributed by atoms with Crippen molar-refractivity contribution < 1.29 is 4.43 Å². The lowest BCUT2D eigenvalue weighted by molar-refractivity contribution is 0.0940. The fourth-order valence-corrected chi connectivity index (χ4v) is 3.20. The van der Waals surface area contributed by atoms with Crippen molar-refractivity contribution in [3.8, 4) is 0 Å². The molecular weight excluding hydrogens is 226 g/mol. The van der Waals surface area contributed by atoms with E-state index in [1.165, 1.54) is 19.4 Å². The Balaban J connectivity index is 2.46. The van der Waals surface area contributed by atoms with Crippen LogP contribution in [0.2, 0.25) is 18.1 Å². The molecule has 3 heteroatoms. The Kier molecular flexibility index (Phi) is 4.84. The van der Waals surface area contributed by atoms with Gasteiger partial charge in [-0.2, -0.15) is 0 Å². The first-order valence-corrected chi connectivity index (χ1v) is 9.88. The van der Waals surface area contributed by atoms with Gasteiger partial charge in [0.05, 0.1) is 0 Å². The van der Waals surface area contributed by atoms with Crippen LogP contribution in [0.1, 0.15) is 40.5 Å². The van der Waals surface area contributed by atoms with Gasteiger partial charge in [-0.05, 0) is 43.9 Å². The zero-order valence-corrected chi connectivity index (χ0v) is 13.8. The quantitative estimate of drug-likeness (QED) is 0.714. The first kappa shape index (κ1) is 15.2. The van der Waals surface area contributed by atoms with Crippen LogP contribution in [-0.2, 0) is 4.43 Å². The molecule has 17 heavy (non-hydrogen) atoms. The molecule has 0 aliphatic carbocycles. The summed E-state index contributed by atoms with van der Waals surface area (Å²) in [5, 5.41) is 0.327. The zero-order valence-electron chi connectivity index (χ0n) is 12.8. The summed E-state index contributed by atoms with van der Waals surface area (Å²) in [5.41, 5.74) is 0. The minimum absolute atomic E-state index is 0.327. The van der Waals surface area contributed by atoms with Crippen LogP contribution in [0.3, 0.4) is 0 Å². The van der Waals surface area contributed by atoms with Crippen molar-refractivity contribution in [3.63, 3.8) is 0 Å². The Hall–Kier alpha value is 0.137. The third-order valence-corrected chi connectivity index (χ3v) is 9.16. The average Bonchev–Trinajstić information content (AvgIpc) is 2.14. The molecule has 0 saturated carbocycles. The number of rotatable bonds is 3. The summed E-state index contributed by atoms with van der Waals surface area (Å²) in [4.78, 5) is 2.49. The van der Waals surface area contributed by atoms with Crippen molar-refractivity contribution in [1.29, 1.82) is 0 Å². The van der Waals surface area contributed by atoms with Gasteiger partial charge in [-0.15, -0.1) is 0 Å². The Morgan fingerprint density at radius 1 is 1.24 bits per heavy atom. The predicted octanol–water partition coefficient (Wildman–Crippen LogP) is 3.74. The van der Waals surface area contributed by atoms with Gasteiger partial charge in [-0.1, -0.05) is 27.7 Å². The number of likely N-dealkylation sites (N-methyl/N-ethyl adjacent to an activating group) is 1. The summed E-state index contributed by atoms with van der Waals surface area (Å²) < 4.78 is 6.34. The standard InChI is InChI=1S/C14H31NOSi/c1-12-8-9-13(15(5)10-12)11-16-17(6,7)14(2,3)4/h12-13H,8-11H2,1-7H3. The molecule has 1 aliphatic heterocycles. The van der Waals surface area contributed by atoms with Crippen molar-refractivity contribution in [2.24, 2.45) is 5.92 Å². The van der Waals surface area contributed by atoms with Crippen LogP contribution in [0.4, 0.5) is 0 Å². The minimum Gasteiger partial charge on any atom is -0.415 e. The molecule has 0 N–H and O–H groups in total. The van der Waals surface area contributed by atoms with Crippen LogP contribution >= 0.6 is 0 Å². The molecule has 2 nitrogen and oxygen atoms in total. The molecule has 0 spiro atoms. The van der Waals surface area contributed by atoms with Crippen LogP contribution in [0, 0.1) is 5.92 Å². The van der Waals surface area contributed by atoms with E-state index in [4.69, 9.17) is 4.43 Å². The van der Waals surface area contributed by atoms with Gasteiger partial charge < -0.3 is 9.33 Å². The molecule has 102 valence electrons. The molecule has 0 aromatic rings. The van der Waals surface area contributed by atoms with E-state index in [9.17, 15) is 0 Å². The van der Waals surface area contributed by atoms with Gasteiger partial charge in [0, 0.05) is 19.2 Å². The average molecular weight is 257 g/mol. The normalized spacial score (nSPS) is 28.4. The van der Waals surface area contributed by atoms with Crippen LogP contribution in [0.15, 0.2) is 0 Å². The lowest BCUT2D eigenvalue weighted by Gasteiger charge is -2.41. The summed E-state index contributed by atoms with van der Waals surface area (Å²) in [6.07, 6.45) is 2.65. The smallest absolute Gasteiger partial charge is 0.192 e. The van der Waals surface area contributed by atoms with E-state index < -0.39 is 8.32 Å². The SMILES string of the molecule is CC1CCC(CO[Si](C)(C)C(C)(C)C)N(C)C1. The summed E-state index contributed by atoms with van der Waals surface area (Å²) in [5.74, 6) is 0.851. The maximum Gasteiger partial charge on any atom is 0.192 e. The second kappa shape index (κ2) is 5.41. The van der Waals surface area contributed by atoms with Gasteiger partial charge in [-0.3, -0.25) is 0 Å². The predicted molar refractivity (Wildman–Crippen MR) is 78.0 cm³/mol. The molecule has 0 bridgehead atoms. The molecule has 0 aromatic carbocycles. The van der Waals surface area contributed by atoms with Gasteiger partial charge in [-0.25, -0.2) is 0 Å². The fourth-order valence-electron chi connectivity index (χ4n) is 2.16. The number of likely N-dealkylation sites (tertiary alicyclic amines) is 1. The second-order valence-electron chi connectivity index (χ2n) is 7.35. The van der Waals surface area contributed by atoms with Crippen molar-refractivity contribution in [2.45, 2.75) is 64.7 Å². The third-order valence-electron chi connectivity index (χ3n) is 4.66. The molecule has 0 aromatic heterocycles. The van der Waals surface area contributed by atoms with Gasteiger partial charge in [0.25, 0.3) is 0 Å². The Bertz CT molecular complexity index is 247. The monoisotopic (exact) mass is 257 g/mol. The number of hydrogen-bond donors (Lipinski definition) is 0. The van der Waals surface area contributed by atoms with Crippen molar-refractivity contribution >= 4 is 8.32 Å². The number of nitrogens with zero attached hydrogens (tertiary/aromatic N) is 1. The molecule has 1 rings (SSSR count). The summed E-state index contributed by atoms with van der Waals surface area (Å²) in [6, 6.07) is 0.639. The Morgan fingerprint density at radius 2 is 1.82 bits per heavy atom. The highest BCUT2D eigenvalue weighted by Crippen LogP contribution is 2.37. The van der Waals surface area contributed by atoms with E-state index in [0.29, 0.717) is 11.1 Å². The van der Waals surface area contributed by atoms with Crippen LogP contribution in [0.25, 0.3) is 0 Å². The van der Waals surface area contributed by atoms with Gasteiger partial charge >= 0.3 is 0 Å². The lowest BCUT2D eigenvalue weighted by Crippen LogP contribution is -2.48. The van der Waals surface area contributed by atoms with E-state index in [1.807, 2.05) is 0 Å². The number of piperidine rings is 1. The zero-order chi connectivity index (χ0) is 13.3. The highest BCUT2D eigenvalue weighted by atomic mass is 28.4. The summed E-state index contributed by atoms with van der Waals surface area (Å²) >= 11 is 0. The second-order valence-corrected chi connectivity index (χ2v) is 12.2. The largest absolute Gasteiger partial charge is 0.415 e. The molecule has 1 fully saturated rings. The highest BCUT2D eigenvalue weighted by molar-refractivity contribution is 6.74. The molecule has 2 atom stereocenters. The topological polar surface area (TPSA) is 12.5 Å². The first-order chi connectivity index (χ1) is 7.63. The molecule has 1 aliphatic rings. The van der Waals surface area contributed by atoms with Gasteiger partial charge in [0.15, 0.2) is 8.32 Å². The van der Waals surface area contributed by atoms with Gasteiger partial charge in [0.1, 0.15) is 0 Å². The molecule has 1 heterocycles. The number of hydrogen-bond acceptors (Lipinski definition) is 2. The molecule has 1 saturated heterocycles. The molecule has 0 amide bonds.